The maximum absolute atomic E-state index is 13.3. The molecule has 20 heavy (non-hydrogen) atoms. The summed E-state index contributed by atoms with van der Waals surface area (Å²) in [5, 5.41) is 13.6. The number of anilines is 1. The monoisotopic (exact) mass is 357 g/mol. The van der Waals surface area contributed by atoms with Crippen molar-refractivity contribution < 1.29 is 9.50 Å². The smallest absolute Gasteiger partial charge is 0.137 e. The van der Waals surface area contributed by atoms with E-state index in [1.807, 2.05) is 19.1 Å². The SMILES string of the molecule is CC(CO)(Nc1cccc(Cl)c1)c1ccc(F)c(Br)c1. The van der Waals surface area contributed by atoms with Crippen molar-refractivity contribution in [3.05, 3.63) is 63.3 Å². The topological polar surface area (TPSA) is 32.3 Å². The van der Waals surface area contributed by atoms with E-state index in [0.29, 0.717) is 9.50 Å². The van der Waals surface area contributed by atoms with Crippen LogP contribution in [0.1, 0.15) is 12.5 Å². The van der Waals surface area contributed by atoms with E-state index in [9.17, 15) is 9.50 Å². The van der Waals surface area contributed by atoms with E-state index in [4.69, 9.17) is 11.6 Å². The molecule has 2 rings (SSSR count). The predicted molar refractivity (Wildman–Crippen MR) is 83.6 cm³/mol. The van der Waals surface area contributed by atoms with Crippen molar-refractivity contribution in [3.63, 3.8) is 0 Å². The highest BCUT2D eigenvalue weighted by atomic mass is 79.9. The zero-order valence-electron chi connectivity index (χ0n) is 10.8. The van der Waals surface area contributed by atoms with E-state index in [-0.39, 0.29) is 12.4 Å². The predicted octanol–water partition coefficient (Wildman–Crippen LogP) is 4.56. The van der Waals surface area contributed by atoms with Crippen LogP contribution in [0.2, 0.25) is 5.02 Å². The van der Waals surface area contributed by atoms with Crippen molar-refractivity contribution >= 4 is 33.2 Å². The van der Waals surface area contributed by atoms with Gasteiger partial charge in [-0.05, 0) is 58.7 Å². The molecule has 2 N–H and O–H groups in total. The van der Waals surface area contributed by atoms with Gasteiger partial charge in [0, 0.05) is 10.7 Å². The average Bonchev–Trinajstić information content (AvgIpc) is 2.41. The molecule has 0 aliphatic rings. The van der Waals surface area contributed by atoms with Gasteiger partial charge < -0.3 is 10.4 Å². The minimum atomic E-state index is -0.735. The van der Waals surface area contributed by atoms with Crippen LogP contribution >= 0.6 is 27.5 Å². The summed E-state index contributed by atoms with van der Waals surface area (Å²) in [6.45, 7) is 1.70. The summed E-state index contributed by atoms with van der Waals surface area (Å²) in [6.07, 6.45) is 0. The number of nitrogens with one attached hydrogen (secondary N) is 1. The maximum atomic E-state index is 13.3. The van der Waals surface area contributed by atoms with Gasteiger partial charge in [0.25, 0.3) is 0 Å². The number of benzene rings is 2. The first-order valence-corrected chi connectivity index (χ1v) is 7.22. The Morgan fingerprint density at radius 1 is 1.30 bits per heavy atom. The van der Waals surface area contributed by atoms with Crippen molar-refractivity contribution in [2.75, 3.05) is 11.9 Å². The molecular formula is C15H14BrClFNO. The van der Waals surface area contributed by atoms with Crippen LogP contribution in [0.3, 0.4) is 0 Å². The first-order chi connectivity index (χ1) is 9.44. The standard InChI is InChI=1S/C15H14BrClFNO/c1-15(9-20,10-5-6-14(18)13(16)7-10)19-12-4-2-3-11(17)8-12/h2-8,19-20H,9H2,1H3. The van der Waals surface area contributed by atoms with E-state index in [1.54, 1.807) is 24.3 Å². The highest BCUT2D eigenvalue weighted by Crippen LogP contribution is 2.29. The lowest BCUT2D eigenvalue weighted by Gasteiger charge is -2.31. The van der Waals surface area contributed by atoms with Gasteiger partial charge in [-0.25, -0.2) is 4.39 Å². The lowest BCUT2D eigenvalue weighted by molar-refractivity contribution is 0.224. The van der Waals surface area contributed by atoms with Crippen LogP contribution < -0.4 is 5.32 Å². The zero-order chi connectivity index (χ0) is 14.8. The molecule has 0 aliphatic carbocycles. The Morgan fingerprint density at radius 3 is 2.65 bits per heavy atom. The van der Waals surface area contributed by atoms with Crippen LogP contribution in [0.5, 0.6) is 0 Å². The third-order valence-corrected chi connectivity index (χ3v) is 3.96. The fourth-order valence-electron chi connectivity index (χ4n) is 1.93. The number of aliphatic hydroxyl groups excluding tert-OH is 1. The van der Waals surface area contributed by atoms with E-state index in [2.05, 4.69) is 21.2 Å². The third kappa shape index (κ3) is 3.32. The van der Waals surface area contributed by atoms with Crippen LogP contribution in [0.4, 0.5) is 10.1 Å². The quantitative estimate of drug-likeness (QED) is 0.839. The van der Waals surface area contributed by atoms with Gasteiger partial charge >= 0.3 is 0 Å². The van der Waals surface area contributed by atoms with Crippen LogP contribution in [0.15, 0.2) is 46.9 Å². The van der Waals surface area contributed by atoms with Crippen molar-refractivity contribution in [3.8, 4) is 0 Å². The van der Waals surface area contributed by atoms with Gasteiger partial charge in [-0.1, -0.05) is 23.7 Å². The van der Waals surface area contributed by atoms with E-state index < -0.39 is 5.54 Å². The molecule has 0 radical (unpaired) electrons. The van der Waals surface area contributed by atoms with E-state index in [1.165, 1.54) is 6.07 Å². The first-order valence-electron chi connectivity index (χ1n) is 6.05. The number of rotatable bonds is 4. The van der Waals surface area contributed by atoms with Gasteiger partial charge in [0.15, 0.2) is 0 Å². The van der Waals surface area contributed by atoms with Gasteiger partial charge in [0.2, 0.25) is 0 Å². The van der Waals surface area contributed by atoms with Crippen LogP contribution in [-0.4, -0.2) is 11.7 Å². The van der Waals surface area contributed by atoms with E-state index in [0.717, 1.165) is 11.3 Å². The molecule has 0 spiro atoms. The van der Waals surface area contributed by atoms with Gasteiger partial charge in [0.05, 0.1) is 16.6 Å². The third-order valence-electron chi connectivity index (χ3n) is 3.12. The summed E-state index contributed by atoms with van der Waals surface area (Å²) >= 11 is 9.11. The second-order valence-corrected chi connectivity index (χ2v) is 6.05. The van der Waals surface area contributed by atoms with Crippen LogP contribution in [-0.2, 0) is 5.54 Å². The van der Waals surface area contributed by atoms with Gasteiger partial charge in [-0.2, -0.15) is 0 Å². The number of hydrogen-bond acceptors (Lipinski definition) is 2. The average molecular weight is 359 g/mol. The van der Waals surface area contributed by atoms with Crippen molar-refractivity contribution in [1.82, 2.24) is 0 Å². The lowest BCUT2D eigenvalue weighted by Crippen LogP contribution is -2.35. The second-order valence-electron chi connectivity index (χ2n) is 4.75. The molecule has 2 aromatic rings. The summed E-state index contributed by atoms with van der Waals surface area (Å²) in [5.74, 6) is -0.336. The number of halogens is 3. The molecule has 0 saturated carbocycles. The van der Waals surface area contributed by atoms with Gasteiger partial charge in [-0.3, -0.25) is 0 Å². The molecule has 0 fully saturated rings. The molecule has 1 atom stereocenters. The highest BCUT2D eigenvalue weighted by molar-refractivity contribution is 9.10. The largest absolute Gasteiger partial charge is 0.394 e. The molecule has 0 aliphatic heterocycles. The fraction of sp³-hybridized carbons (Fsp3) is 0.200. The summed E-state index contributed by atoms with van der Waals surface area (Å²) in [5.41, 5.74) is 0.823. The molecule has 0 saturated heterocycles. The Kier molecular flexibility index (Phi) is 4.68. The van der Waals surface area contributed by atoms with Crippen molar-refractivity contribution in [1.29, 1.82) is 0 Å². The number of aliphatic hydroxyl groups is 1. The molecule has 0 aromatic heterocycles. The normalized spacial score (nSPS) is 13.8. The second kappa shape index (κ2) is 6.12. The molecular weight excluding hydrogens is 345 g/mol. The van der Waals surface area contributed by atoms with Crippen molar-refractivity contribution in [2.45, 2.75) is 12.5 Å². The molecule has 0 heterocycles. The minimum absolute atomic E-state index is 0.141. The molecule has 2 aromatic carbocycles. The lowest BCUT2D eigenvalue weighted by atomic mass is 9.92. The van der Waals surface area contributed by atoms with Crippen molar-refractivity contribution in [2.24, 2.45) is 0 Å². The molecule has 1 unspecified atom stereocenters. The summed E-state index contributed by atoms with van der Waals surface area (Å²) in [4.78, 5) is 0. The molecule has 2 nitrogen and oxygen atoms in total. The fourth-order valence-corrected chi connectivity index (χ4v) is 2.50. The van der Waals surface area contributed by atoms with Gasteiger partial charge in [0.1, 0.15) is 5.82 Å². The zero-order valence-corrected chi connectivity index (χ0v) is 13.2. The Hall–Kier alpha value is -1.10. The number of hydrogen-bond donors (Lipinski definition) is 2. The molecule has 0 bridgehead atoms. The molecule has 0 amide bonds. The van der Waals surface area contributed by atoms with Gasteiger partial charge in [-0.15, -0.1) is 0 Å². The highest BCUT2D eigenvalue weighted by Gasteiger charge is 2.26. The summed E-state index contributed by atoms with van der Waals surface area (Å²) < 4.78 is 13.7. The Labute approximate surface area is 130 Å². The van der Waals surface area contributed by atoms with E-state index >= 15 is 0 Å². The maximum Gasteiger partial charge on any atom is 0.137 e. The van der Waals surface area contributed by atoms with Crippen LogP contribution in [0.25, 0.3) is 0 Å². The first kappa shape index (κ1) is 15.3. The molecule has 5 heteroatoms. The Balaban J connectivity index is 2.35. The summed E-state index contributed by atoms with van der Waals surface area (Å²) in [7, 11) is 0. The molecule has 106 valence electrons. The Morgan fingerprint density at radius 2 is 2.05 bits per heavy atom. The Bertz CT molecular complexity index is 623. The van der Waals surface area contributed by atoms with Crippen LogP contribution in [0, 0.1) is 5.82 Å². The minimum Gasteiger partial charge on any atom is -0.394 e. The summed E-state index contributed by atoms with van der Waals surface area (Å²) in [6, 6.07) is 11.9.